The van der Waals surface area contributed by atoms with Gasteiger partial charge in [0.05, 0.1) is 6.54 Å². The molecule has 3 rings (SSSR count). The predicted molar refractivity (Wildman–Crippen MR) is 86.4 cm³/mol. The molecule has 0 saturated carbocycles. The molecule has 3 saturated heterocycles. The van der Waals surface area contributed by atoms with Gasteiger partial charge in [0.25, 0.3) is 11.8 Å². The molecule has 3 fully saturated rings. The van der Waals surface area contributed by atoms with Crippen LogP contribution in [0.2, 0.25) is 0 Å². The van der Waals surface area contributed by atoms with Crippen molar-refractivity contribution < 1.29 is 13.6 Å². The maximum atomic E-state index is 13.5. The lowest BCUT2D eigenvalue weighted by molar-refractivity contribution is -0.130. The Morgan fingerprint density at radius 1 is 1.29 bits per heavy atom. The molecule has 3 aliphatic heterocycles. The van der Waals surface area contributed by atoms with Crippen molar-refractivity contribution in [2.45, 2.75) is 75.9 Å². The number of amides is 1. The second-order valence-corrected chi connectivity index (χ2v) is 8.25. The number of fused-ring (bicyclic) bond motifs is 2. The van der Waals surface area contributed by atoms with Gasteiger partial charge in [-0.05, 0) is 52.5 Å². The lowest BCUT2D eigenvalue weighted by atomic mass is 9.90. The van der Waals surface area contributed by atoms with E-state index in [1.165, 1.54) is 0 Å². The smallest absolute Gasteiger partial charge is 0.264 e. The monoisotopic (exact) mass is 337 g/mol. The van der Waals surface area contributed by atoms with Crippen LogP contribution in [0.1, 0.15) is 52.9 Å². The largest absolute Gasteiger partial charge is 0.330 e. The van der Waals surface area contributed by atoms with E-state index < -0.39 is 11.5 Å². The minimum atomic E-state index is -2.69. The number of hydrogen-bond donors (Lipinski definition) is 0. The molecule has 0 aliphatic carbocycles. The fourth-order valence-corrected chi connectivity index (χ4v) is 4.52. The van der Waals surface area contributed by atoms with Gasteiger partial charge in [-0.25, -0.2) is 8.78 Å². The Hall–Kier alpha value is -1.48. The molecule has 132 valence electrons. The van der Waals surface area contributed by atoms with Crippen molar-refractivity contribution in [3.63, 3.8) is 0 Å². The van der Waals surface area contributed by atoms with E-state index in [-0.39, 0.29) is 42.6 Å². The summed E-state index contributed by atoms with van der Waals surface area (Å²) < 4.78 is 27.0. The van der Waals surface area contributed by atoms with E-state index in [1.807, 2.05) is 11.0 Å². The summed E-state index contributed by atoms with van der Waals surface area (Å²) in [5.74, 6) is -2.93. The summed E-state index contributed by atoms with van der Waals surface area (Å²) in [7, 11) is 0. The third-order valence-corrected chi connectivity index (χ3v) is 6.03. The number of rotatable bonds is 3. The molecule has 0 atom stereocenters. The second kappa shape index (κ2) is 5.52. The summed E-state index contributed by atoms with van der Waals surface area (Å²) >= 11 is 0. The fraction of sp³-hybridized carbons (Fsp3) is 0.778. The first-order valence-corrected chi connectivity index (χ1v) is 8.68. The first-order valence-electron chi connectivity index (χ1n) is 8.68. The molecule has 1 amide bonds. The van der Waals surface area contributed by atoms with Gasteiger partial charge in [0.15, 0.2) is 0 Å². The van der Waals surface area contributed by atoms with Crippen molar-refractivity contribution in [3.05, 3.63) is 11.6 Å². The Morgan fingerprint density at radius 3 is 2.33 bits per heavy atom. The zero-order valence-corrected chi connectivity index (χ0v) is 14.6. The summed E-state index contributed by atoms with van der Waals surface area (Å²) in [5.41, 5.74) is -0.821. The molecular formula is C18H25F2N3O. The average molecular weight is 337 g/mol. The van der Waals surface area contributed by atoms with E-state index in [9.17, 15) is 18.8 Å². The molecule has 0 aromatic heterocycles. The number of nitrogens with zero attached hydrogens (tertiary/aromatic N) is 3. The summed E-state index contributed by atoms with van der Waals surface area (Å²) in [6.07, 6.45) is 5.34. The van der Waals surface area contributed by atoms with E-state index in [0.29, 0.717) is 0 Å². The molecular weight excluding hydrogens is 312 g/mol. The summed E-state index contributed by atoms with van der Waals surface area (Å²) in [6, 6.07) is 2.24. The standard InChI is InChI=1S/C18H25F2N3O/c1-16(2,22-9-8-18(19,20)12-22)10-13(11-21)15(24)23-14-4-6-17(23,3)7-5-14/h10,14H,4-9,12H2,1-3H3/b13-10+. The molecule has 0 unspecified atom stereocenters. The van der Waals surface area contributed by atoms with Crippen molar-refractivity contribution >= 4 is 5.91 Å². The molecule has 0 spiro atoms. The van der Waals surface area contributed by atoms with E-state index in [0.717, 1.165) is 25.7 Å². The molecule has 3 aliphatic rings. The van der Waals surface area contributed by atoms with Crippen LogP contribution in [0.25, 0.3) is 0 Å². The third-order valence-electron chi connectivity index (χ3n) is 6.03. The van der Waals surface area contributed by atoms with Gasteiger partial charge in [0.1, 0.15) is 11.6 Å². The van der Waals surface area contributed by atoms with Gasteiger partial charge in [0, 0.05) is 30.1 Å². The molecule has 0 N–H and O–H groups in total. The number of carbonyl (C=O) groups excluding carboxylic acids is 1. The Kier molecular flexibility index (Phi) is 3.99. The van der Waals surface area contributed by atoms with Gasteiger partial charge in [0.2, 0.25) is 0 Å². The first-order chi connectivity index (χ1) is 11.1. The highest BCUT2D eigenvalue weighted by atomic mass is 19.3. The lowest BCUT2D eigenvalue weighted by Gasteiger charge is -2.34. The quantitative estimate of drug-likeness (QED) is 0.587. The Bertz CT molecular complexity index is 612. The molecule has 0 aromatic carbocycles. The van der Waals surface area contributed by atoms with Gasteiger partial charge in [-0.1, -0.05) is 0 Å². The predicted octanol–water partition coefficient (Wildman–Crippen LogP) is 3.10. The van der Waals surface area contributed by atoms with Crippen LogP contribution in [-0.4, -0.2) is 51.8 Å². The van der Waals surface area contributed by atoms with Crippen LogP contribution < -0.4 is 0 Å². The number of halogens is 2. The Morgan fingerprint density at radius 2 is 1.92 bits per heavy atom. The van der Waals surface area contributed by atoms with Crippen LogP contribution in [0.4, 0.5) is 8.78 Å². The molecule has 2 bridgehead atoms. The van der Waals surface area contributed by atoms with Crippen LogP contribution in [0.15, 0.2) is 11.6 Å². The van der Waals surface area contributed by atoms with Gasteiger partial charge < -0.3 is 4.90 Å². The van der Waals surface area contributed by atoms with E-state index >= 15 is 0 Å². The molecule has 6 heteroatoms. The van der Waals surface area contributed by atoms with Gasteiger partial charge in [-0.15, -0.1) is 0 Å². The van der Waals surface area contributed by atoms with Crippen LogP contribution in [-0.2, 0) is 4.79 Å². The van der Waals surface area contributed by atoms with Gasteiger partial charge >= 0.3 is 0 Å². The van der Waals surface area contributed by atoms with Gasteiger partial charge in [-0.3, -0.25) is 9.69 Å². The summed E-state index contributed by atoms with van der Waals surface area (Å²) in [5, 5.41) is 9.51. The van der Waals surface area contributed by atoms with Crippen molar-refractivity contribution in [3.8, 4) is 6.07 Å². The maximum Gasteiger partial charge on any atom is 0.264 e. The zero-order valence-electron chi connectivity index (χ0n) is 14.6. The number of carbonyl (C=O) groups is 1. The highest BCUT2D eigenvalue weighted by Gasteiger charge is 2.51. The fourth-order valence-electron chi connectivity index (χ4n) is 4.52. The number of hydrogen-bond acceptors (Lipinski definition) is 3. The lowest BCUT2D eigenvalue weighted by Crippen LogP contribution is -2.45. The summed E-state index contributed by atoms with van der Waals surface area (Å²) in [4.78, 5) is 16.5. The zero-order chi connectivity index (χ0) is 17.8. The van der Waals surface area contributed by atoms with Crippen LogP contribution in [0.3, 0.4) is 0 Å². The van der Waals surface area contributed by atoms with Crippen LogP contribution in [0, 0.1) is 11.3 Å². The van der Waals surface area contributed by atoms with Gasteiger partial charge in [-0.2, -0.15) is 5.26 Å². The topological polar surface area (TPSA) is 47.3 Å². The van der Waals surface area contributed by atoms with Crippen molar-refractivity contribution in [2.75, 3.05) is 13.1 Å². The molecule has 24 heavy (non-hydrogen) atoms. The molecule has 0 aromatic rings. The molecule has 4 nitrogen and oxygen atoms in total. The first kappa shape index (κ1) is 17.3. The Labute approximate surface area is 142 Å². The van der Waals surface area contributed by atoms with Crippen LogP contribution in [0.5, 0.6) is 0 Å². The normalized spacial score (nSPS) is 33.1. The molecule has 3 heterocycles. The average Bonchev–Trinajstić information content (AvgIpc) is 3.13. The highest BCUT2D eigenvalue weighted by Crippen LogP contribution is 2.46. The second-order valence-electron chi connectivity index (χ2n) is 8.25. The van der Waals surface area contributed by atoms with E-state index in [1.54, 1.807) is 24.8 Å². The number of likely N-dealkylation sites (tertiary alicyclic amines) is 1. The minimum absolute atomic E-state index is 0.0789. The van der Waals surface area contributed by atoms with E-state index in [2.05, 4.69) is 6.92 Å². The van der Waals surface area contributed by atoms with Crippen molar-refractivity contribution in [1.29, 1.82) is 5.26 Å². The highest BCUT2D eigenvalue weighted by molar-refractivity contribution is 5.98. The SMILES string of the molecule is CC(C)(/C=C(\C#N)C(=O)N1C2CCC1(C)CC2)N1CCC(F)(F)C1. The van der Waals surface area contributed by atoms with Crippen LogP contribution >= 0.6 is 0 Å². The Balaban J connectivity index is 1.82. The van der Waals surface area contributed by atoms with E-state index in [4.69, 9.17) is 0 Å². The summed E-state index contributed by atoms with van der Waals surface area (Å²) in [6.45, 7) is 5.61. The minimum Gasteiger partial charge on any atom is -0.330 e. The number of alkyl halides is 2. The van der Waals surface area contributed by atoms with Crippen molar-refractivity contribution in [1.82, 2.24) is 9.80 Å². The third kappa shape index (κ3) is 2.83. The van der Waals surface area contributed by atoms with Crippen molar-refractivity contribution in [2.24, 2.45) is 0 Å². The maximum absolute atomic E-state index is 13.5. The number of nitriles is 1. The molecule has 0 radical (unpaired) electrons.